The molecular weight excluding hydrogens is 249 g/mol. The highest BCUT2D eigenvalue weighted by molar-refractivity contribution is 7.89. The van der Waals surface area contributed by atoms with Crippen molar-refractivity contribution < 1.29 is 22.3 Å². The highest BCUT2D eigenvalue weighted by atomic mass is 32.2. The van der Waals surface area contributed by atoms with Gasteiger partial charge in [-0.2, -0.15) is 0 Å². The predicted molar refractivity (Wildman–Crippen MR) is 59.5 cm³/mol. The van der Waals surface area contributed by atoms with E-state index in [1.54, 1.807) is 4.72 Å². The van der Waals surface area contributed by atoms with Crippen LogP contribution < -0.4 is 9.46 Å². The van der Waals surface area contributed by atoms with Crippen LogP contribution >= 0.6 is 0 Å². The van der Waals surface area contributed by atoms with Gasteiger partial charge in [0.2, 0.25) is 10.0 Å². The van der Waals surface area contributed by atoms with Crippen molar-refractivity contribution in [2.75, 3.05) is 6.26 Å². The molecule has 0 aliphatic heterocycles. The molecule has 17 heavy (non-hydrogen) atoms. The van der Waals surface area contributed by atoms with Crippen molar-refractivity contribution in [1.82, 2.24) is 4.72 Å². The highest BCUT2D eigenvalue weighted by Crippen LogP contribution is 2.12. The van der Waals surface area contributed by atoms with E-state index in [1.165, 1.54) is 31.2 Å². The molecule has 1 aromatic rings. The van der Waals surface area contributed by atoms with Crippen LogP contribution in [-0.2, 0) is 14.8 Å². The number of carbonyl (C=O) groups excluding carboxylic acids is 1. The van der Waals surface area contributed by atoms with Gasteiger partial charge in [0.05, 0.1) is 6.26 Å². The number of hydrogen-bond acceptors (Lipinski definition) is 4. The van der Waals surface area contributed by atoms with E-state index in [9.17, 15) is 17.6 Å². The van der Waals surface area contributed by atoms with Gasteiger partial charge < -0.3 is 4.74 Å². The van der Waals surface area contributed by atoms with Crippen LogP contribution in [0.5, 0.6) is 5.75 Å². The molecule has 0 aliphatic carbocycles. The molecule has 0 radical (unpaired) electrons. The second-order valence-corrected chi connectivity index (χ2v) is 5.20. The number of halogens is 1. The Morgan fingerprint density at radius 3 is 2.35 bits per heavy atom. The number of hydrogen-bond donors (Lipinski definition) is 1. The fourth-order valence-electron chi connectivity index (χ4n) is 1.04. The van der Waals surface area contributed by atoms with E-state index in [0.717, 1.165) is 6.26 Å². The minimum Gasteiger partial charge on any atom is -0.481 e. The molecule has 1 atom stereocenters. The smallest absolute Gasteiger partial charge is 0.274 e. The SMILES string of the molecule is CC(Oc1ccc(F)cc1)C(=O)NS(C)(=O)=O. The van der Waals surface area contributed by atoms with Gasteiger partial charge in [0.15, 0.2) is 6.10 Å². The van der Waals surface area contributed by atoms with E-state index < -0.39 is 27.9 Å². The van der Waals surface area contributed by atoms with Crippen molar-refractivity contribution in [2.24, 2.45) is 0 Å². The molecule has 0 spiro atoms. The first-order chi connectivity index (χ1) is 7.78. The third-order valence-corrected chi connectivity index (χ3v) is 2.35. The van der Waals surface area contributed by atoms with E-state index in [2.05, 4.69) is 0 Å². The van der Waals surface area contributed by atoms with Crippen LogP contribution in [0.15, 0.2) is 24.3 Å². The normalized spacial score (nSPS) is 12.9. The Bertz CT molecular complexity index is 498. The summed E-state index contributed by atoms with van der Waals surface area (Å²) in [6.45, 7) is 1.39. The van der Waals surface area contributed by atoms with E-state index in [4.69, 9.17) is 4.74 Å². The first kappa shape index (κ1) is 13.4. The number of sulfonamides is 1. The molecule has 1 amide bonds. The molecule has 7 heteroatoms. The zero-order valence-electron chi connectivity index (χ0n) is 9.31. The third-order valence-electron chi connectivity index (χ3n) is 1.78. The second kappa shape index (κ2) is 5.13. The molecule has 5 nitrogen and oxygen atoms in total. The fraction of sp³-hybridized carbons (Fsp3) is 0.300. The molecule has 94 valence electrons. The molecule has 1 N–H and O–H groups in total. The lowest BCUT2D eigenvalue weighted by Crippen LogP contribution is -2.39. The predicted octanol–water partition coefficient (Wildman–Crippen LogP) is 0.669. The average Bonchev–Trinajstić information content (AvgIpc) is 2.19. The Morgan fingerprint density at radius 1 is 1.35 bits per heavy atom. The Balaban J connectivity index is 2.63. The number of rotatable bonds is 4. The van der Waals surface area contributed by atoms with Gasteiger partial charge in [-0.15, -0.1) is 0 Å². The Labute approximate surface area is 98.6 Å². The first-order valence-corrected chi connectivity index (χ1v) is 6.61. The van der Waals surface area contributed by atoms with Crippen molar-refractivity contribution in [1.29, 1.82) is 0 Å². The summed E-state index contributed by atoms with van der Waals surface area (Å²) in [6.07, 6.45) is -0.120. The van der Waals surface area contributed by atoms with Crippen LogP contribution in [0.1, 0.15) is 6.92 Å². The van der Waals surface area contributed by atoms with Crippen LogP contribution in [0, 0.1) is 5.82 Å². The van der Waals surface area contributed by atoms with Crippen molar-refractivity contribution >= 4 is 15.9 Å². The van der Waals surface area contributed by atoms with Crippen LogP contribution in [0.4, 0.5) is 4.39 Å². The van der Waals surface area contributed by atoms with Crippen molar-refractivity contribution in [3.05, 3.63) is 30.1 Å². The Hall–Kier alpha value is -1.63. The number of ether oxygens (including phenoxy) is 1. The molecule has 0 bridgehead atoms. The summed E-state index contributed by atoms with van der Waals surface area (Å²) in [5.41, 5.74) is 0. The highest BCUT2D eigenvalue weighted by Gasteiger charge is 2.18. The van der Waals surface area contributed by atoms with Gasteiger partial charge in [0.1, 0.15) is 11.6 Å². The molecule has 1 unspecified atom stereocenters. The maximum atomic E-state index is 12.6. The fourth-order valence-corrected chi connectivity index (χ4v) is 1.57. The molecule has 0 saturated heterocycles. The topological polar surface area (TPSA) is 72.5 Å². The van der Waals surface area contributed by atoms with E-state index >= 15 is 0 Å². The first-order valence-electron chi connectivity index (χ1n) is 4.72. The molecular formula is C10H12FNO4S. The Morgan fingerprint density at radius 2 is 1.88 bits per heavy atom. The van der Waals surface area contributed by atoms with Gasteiger partial charge in [0, 0.05) is 0 Å². The standard InChI is InChI=1S/C10H12FNO4S/c1-7(10(13)12-17(2,14)15)16-9-5-3-8(11)4-6-9/h3-7H,1-2H3,(H,12,13). The lowest BCUT2D eigenvalue weighted by Gasteiger charge is -2.13. The molecule has 0 aromatic heterocycles. The monoisotopic (exact) mass is 261 g/mol. The Kier molecular flexibility index (Phi) is 4.06. The number of benzene rings is 1. The average molecular weight is 261 g/mol. The summed E-state index contributed by atoms with van der Waals surface area (Å²) in [4.78, 5) is 11.3. The quantitative estimate of drug-likeness (QED) is 0.864. The van der Waals surface area contributed by atoms with Crippen LogP contribution in [0.25, 0.3) is 0 Å². The van der Waals surface area contributed by atoms with Crippen molar-refractivity contribution in [2.45, 2.75) is 13.0 Å². The van der Waals surface area contributed by atoms with Crippen molar-refractivity contribution in [3.8, 4) is 5.75 Å². The summed E-state index contributed by atoms with van der Waals surface area (Å²) < 4.78 is 41.1. The van der Waals surface area contributed by atoms with Gasteiger partial charge in [-0.25, -0.2) is 12.8 Å². The minimum atomic E-state index is -3.61. The summed E-state index contributed by atoms with van der Waals surface area (Å²) in [6, 6.07) is 5.05. The summed E-state index contributed by atoms with van der Waals surface area (Å²) in [5, 5.41) is 0. The molecule has 0 saturated carbocycles. The summed E-state index contributed by atoms with van der Waals surface area (Å²) in [5.74, 6) is -0.926. The zero-order valence-corrected chi connectivity index (χ0v) is 10.1. The minimum absolute atomic E-state index is 0.280. The van der Waals surface area contributed by atoms with Crippen LogP contribution in [0.3, 0.4) is 0 Å². The maximum absolute atomic E-state index is 12.6. The van der Waals surface area contributed by atoms with Crippen molar-refractivity contribution in [3.63, 3.8) is 0 Å². The number of carbonyl (C=O) groups is 1. The second-order valence-electron chi connectivity index (χ2n) is 3.45. The molecule has 0 fully saturated rings. The molecule has 0 aliphatic rings. The summed E-state index contributed by atoms with van der Waals surface area (Å²) >= 11 is 0. The van der Waals surface area contributed by atoms with Crippen LogP contribution in [-0.4, -0.2) is 26.7 Å². The van der Waals surface area contributed by atoms with E-state index in [0.29, 0.717) is 0 Å². The lowest BCUT2D eigenvalue weighted by molar-refractivity contribution is -0.125. The molecule has 1 rings (SSSR count). The maximum Gasteiger partial charge on any atom is 0.274 e. The van der Waals surface area contributed by atoms with E-state index in [1.807, 2.05) is 0 Å². The van der Waals surface area contributed by atoms with E-state index in [-0.39, 0.29) is 5.75 Å². The number of amides is 1. The lowest BCUT2D eigenvalue weighted by atomic mass is 10.3. The summed E-state index contributed by atoms with van der Waals surface area (Å²) in [7, 11) is -3.61. The van der Waals surface area contributed by atoms with Gasteiger partial charge in [-0.3, -0.25) is 9.52 Å². The third kappa shape index (κ3) is 4.81. The van der Waals surface area contributed by atoms with Crippen LogP contribution in [0.2, 0.25) is 0 Å². The van der Waals surface area contributed by atoms with Gasteiger partial charge in [0.25, 0.3) is 5.91 Å². The van der Waals surface area contributed by atoms with Gasteiger partial charge in [-0.1, -0.05) is 0 Å². The molecule has 1 aromatic carbocycles. The number of nitrogens with one attached hydrogen (secondary N) is 1. The largest absolute Gasteiger partial charge is 0.481 e. The van der Waals surface area contributed by atoms with Gasteiger partial charge >= 0.3 is 0 Å². The van der Waals surface area contributed by atoms with Gasteiger partial charge in [-0.05, 0) is 31.2 Å². The zero-order chi connectivity index (χ0) is 13.1. The molecule has 0 heterocycles.